The number of rotatable bonds is 6. The Morgan fingerprint density at radius 1 is 0.486 bits per heavy atom. The summed E-state index contributed by atoms with van der Waals surface area (Å²) in [5, 5.41) is 0. The lowest BCUT2D eigenvalue weighted by molar-refractivity contribution is -0.138. The lowest BCUT2D eigenvalue weighted by Gasteiger charge is -2.17. The molecule has 0 saturated carbocycles. The first-order valence-corrected chi connectivity index (χ1v) is 11.6. The second kappa shape index (κ2) is 10.2. The molecule has 0 saturated heterocycles. The van der Waals surface area contributed by atoms with Gasteiger partial charge in [-0.3, -0.25) is 0 Å². The first kappa shape index (κ1) is 24.9. The Kier molecular flexibility index (Phi) is 7.26. The van der Waals surface area contributed by atoms with Crippen LogP contribution in [0.5, 0.6) is 0 Å². The summed E-state index contributed by atoms with van der Waals surface area (Å²) in [6.45, 7) is 0. The molecule has 0 N–H and O–H groups in total. The predicted molar refractivity (Wildman–Crippen MR) is 126 cm³/mol. The van der Waals surface area contributed by atoms with E-state index < -0.39 is 23.5 Å². The highest BCUT2D eigenvalue weighted by Gasteiger charge is 2.32. The predicted octanol–water partition coefficient (Wildman–Crippen LogP) is 9.06. The Bertz CT molecular complexity index is 1180. The smallest absolute Gasteiger partial charge is 0.166 e. The topological polar surface area (TPSA) is 0 Å². The van der Waals surface area contributed by atoms with Gasteiger partial charge in [0.25, 0.3) is 0 Å². The molecule has 0 aliphatic carbocycles. The fourth-order valence-electron chi connectivity index (χ4n) is 3.74. The van der Waals surface area contributed by atoms with Crippen LogP contribution in [0.4, 0.5) is 26.3 Å². The summed E-state index contributed by atoms with van der Waals surface area (Å²) in [5.74, 6) is 0. The summed E-state index contributed by atoms with van der Waals surface area (Å²) in [6, 6.07) is 25.3. The monoisotopic (exact) mass is 502 g/mol. The van der Waals surface area contributed by atoms with E-state index in [2.05, 4.69) is 0 Å². The Hall–Kier alpha value is -3.19. The molecule has 0 aliphatic rings. The molecule has 4 rings (SSSR count). The van der Waals surface area contributed by atoms with Gasteiger partial charge in [-0.2, -0.15) is 26.3 Å². The van der Waals surface area contributed by atoms with Crippen LogP contribution in [-0.2, 0) is 25.2 Å². The van der Waals surface area contributed by atoms with Crippen LogP contribution < -0.4 is 0 Å². The molecule has 0 spiro atoms. The Labute approximate surface area is 203 Å². The van der Waals surface area contributed by atoms with Crippen molar-refractivity contribution < 1.29 is 26.3 Å². The molecular formula is C28H20F6S. The van der Waals surface area contributed by atoms with E-state index in [1.165, 1.54) is 23.9 Å². The fourth-order valence-corrected chi connectivity index (χ4v) is 4.77. The molecule has 0 radical (unpaired) electrons. The lowest BCUT2D eigenvalue weighted by atomic mass is 10.0. The molecule has 0 bridgehead atoms. The fraction of sp³-hybridized carbons (Fsp3) is 0.143. The molecule has 0 fully saturated rings. The molecule has 4 aromatic carbocycles. The minimum absolute atomic E-state index is 0.266. The van der Waals surface area contributed by atoms with Gasteiger partial charge in [-0.05, 0) is 71.5 Å². The normalized spacial score (nSPS) is 12.1. The van der Waals surface area contributed by atoms with Crippen LogP contribution >= 0.6 is 11.8 Å². The minimum atomic E-state index is -4.50. The van der Waals surface area contributed by atoms with Gasteiger partial charge in [0.2, 0.25) is 0 Å². The van der Waals surface area contributed by atoms with E-state index in [0.717, 1.165) is 35.4 Å². The van der Waals surface area contributed by atoms with E-state index in [9.17, 15) is 26.3 Å². The second-order valence-electron chi connectivity index (χ2n) is 8.07. The molecule has 180 valence electrons. The van der Waals surface area contributed by atoms with Crippen molar-refractivity contribution in [3.05, 3.63) is 130 Å². The molecule has 0 amide bonds. The summed E-state index contributed by atoms with van der Waals surface area (Å²) < 4.78 is 80.5. The Balaban J connectivity index is 1.75. The summed E-state index contributed by atoms with van der Waals surface area (Å²) in [4.78, 5) is 1.13. The maximum Gasteiger partial charge on any atom is 0.416 e. The molecule has 0 unspecified atom stereocenters. The quantitative estimate of drug-likeness (QED) is 0.237. The molecule has 0 aromatic heterocycles. The summed E-state index contributed by atoms with van der Waals surface area (Å²) >= 11 is 1.18. The van der Waals surface area contributed by atoms with Crippen molar-refractivity contribution in [2.24, 2.45) is 0 Å². The lowest BCUT2D eigenvalue weighted by Crippen LogP contribution is -2.07. The maximum absolute atomic E-state index is 13.4. The standard InChI is InChI=1S/C28H20F6S/c29-27(30,31)23-11-13-25(21(17-23)15-19-7-3-1-4-8-19)35-26-14-12-24(28(32,33)34)18-22(26)16-20-9-5-2-6-10-20/h1-14,17-18H,15-16H2. The Morgan fingerprint density at radius 2 is 0.857 bits per heavy atom. The first-order chi connectivity index (χ1) is 16.6. The third-order valence-corrected chi connectivity index (χ3v) is 6.71. The van der Waals surface area contributed by atoms with Crippen LogP contribution in [0.1, 0.15) is 33.4 Å². The van der Waals surface area contributed by atoms with Crippen molar-refractivity contribution in [3.8, 4) is 0 Å². The van der Waals surface area contributed by atoms with Crippen molar-refractivity contribution >= 4 is 11.8 Å². The number of hydrogen-bond acceptors (Lipinski definition) is 1. The number of halogens is 6. The highest BCUT2D eigenvalue weighted by Crippen LogP contribution is 2.40. The highest BCUT2D eigenvalue weighted by molar-refractivity contribution is 7.99. The van der Waals surface area contributed by atoms with Crippen molar-refractivity contribution in [3.63, 3.8) is 0 Å². The zero-order valence-electron chi connectivity index (χ0n) is 18.3. The van der Waals surface area contributed by atoms with Gasteiger partial charge in [-0.25, -0.2) is 0 Å². The van der Waals surface area contributed by atoms with Crippen LogP contribution in [0, 0.1) is 0 Å². The average Bonchev–Trinajstić information content (AvgIpc) is 2.81. The van der Waals surface area contributed by atoms with Crippen molar-refractivity contribution in [1.29, 1.82) is 0 Å². The molecule has 7 heteroatoms. The number of benzene rings is 4. The van der Waals surface area contributed by atoms with Gasteiger partial charge >= 0.3 is 12.4 Å². The minimum Gasteiger partial charge on any atom is -0.166 e. The molecule has 4 aromatic rings. The molecule has 0 atom stereocenters. The van der Waals surface area contributed by atoms with E-state index in [4.69, 9.17) is 0 Å². The molecule has 0 heterocycles. The molecule has 0 nitrogen and oxygen atoms in total. The van der Waals surface area contributed by atoms with Crippen LogP contribution in [0.3, 0.4) is 0 Å². The van der Waals surface area contributed by atoms with E-state index in [0.29, 0.717) is 20.9 Å². The zero-order chi connectivity index (χ0) is 25.1. The van der Waals surface area contributed by atoms with E-state index >= 15 is 0 Å². The van der Waals surface area contributed by atoms with Crippen molar-refractivity contribution in [2.75, 3.05) is 0 Å². The molecular weight excluding hydrogens is 482 g/mol. The van der Waals surface area contributed by atoms with Gasteiger partial charge in [0.1, 0.15) is 0 Å². The number of hydrogen-bond donors (Lipinski definition) is 0. The Morgan fingerprint density at radius 3 is 1.20 bits per heavy atom. The van der Waals surface area contributed by atoms with Gasteiger partial charge in [0.05, 0.1) is 11.1 Å². The van der Waals surface area contributed by atoms with E-state index in [1.807, 2.05) is 60.7 Å². The van der Waals surface area contributed by atoms with Gasteiger partial charge in [-0.15, -0.1) is 0 Å². The summed E-state index contributed by atoms with van der Waals surface area (Å²) in [6.07, 6.45) is -8.47. The van der Waals surface area contributed by atoms with Crippen LogP contribution in [0.15, 0.2) is 107 Å². The van der Waals surface area contributed by atoms with Gasteiger partial charge in [0, 0.05) is 9.79 Å². The van der Waals surface area contributed by atoms with E-state index in [1.54, 1.807) is 0 Å². The largest absolute Gasteiger partial charge is 0.416 e. The number of alkyl halides is 6. The van der Waals surface area contributed by atoms with E-state index in [-0.39, 0.29) is 12.8 Å². The van der Waals surface area contributed by atoms with Gasteiger partial charge < -0.3 is 0 Å². The molecule has 35 heavy (non-hydrogen) atoms. The van der Waals surface area contributed by atoms with Crippen molar-refractivity contribution in [1.82, 2.24) is 0 Å². The van der Waals surface area contributed by atoms with Crippen LogP contribution in [0.25, 0.3) is 0 Å². The third-order valence-electron chi connectivity index (χ3n) is 5.47. The zero-order valence-corrected chi connectivity index (χ0v) is 19.1. The average molecular weight is 503 g/mol. The second-order valence-corrected chi connectivity index (χ2v) is 9.15. The highest BCUT2D eigenvalue weighted by atomic mass is 32.2. The maximum atomic E-state index is 13.4. The van der Waals surface area contributed by atoms with Crippen LogP contribution in [0.2, 0.25) is 0 Å². The summed E-state index contributed by atoms with van der Waals surface area (Å²) in [7, 11) is 0. The third kappa shape index (κ3) is 6.48. The van der Waals surface area contributed by atoms with Crippen molar-refractivity contribution in [2.45, 2.75) is 35.0 Å². The molecule has 0 aliphatic heterocycles. The van der Waals surface area contributed by atoms with Crippen LogP contribution in [-0.4, -0.2) is 0 Å². The van der Waals surface area contributed by atoms with Gasteiger partial charge in [0.15, 0.2) is 0 Å². The first-order valence-electron chi connectivity index (χ1n) is 10.8. The summed E-state index contributed by atoms with van der Waals surface area (Å²) in [5.41, 5.74) is 1.08. The SMILES string of the molecule is FC(F)(F)c1ccc(Sc2ccc(C(F)(F)F)cc2Cc2ccccc2)c(Cc2ccccc2)c1. The van der Waals surface area contributed by atoms with Gasteiger partial charge in [-0.1, -0.05) is 72.4 Å².